The molecular weight excluding hydrogens is 177 g/mol. The predicted molar refractivity (Wildman–Crippen MR) is 45.4 cm³/mol. The minimum atomic E-state index is -0.171. The van der Waals surface area contributed by atoms with Crippen LogP contribution in [0.25, 0.3) is 0 Å². The van der Waals surface area contributed by atoms with Gasteiger partial charge in [-0.05, 0) is 14.1 Å². The maximum atomic E-state index is 10.3. The minimum absolute atomic E-state index is 0. The van der Waals surface area contributed by atoms with E-state index in [1.165, 1.54) is 0 Å². The molecule has 3 N–H and O–H groups in total. The number of halogens is 2. The molecule has 0 atom stereocenters. The number of hydrazine groups is 1. The Kier molecular flexibility index (Phi) is 14.8. The molecule has 0 unspecified atom stereocenters. The van der Waals surface area contributed by atoms with Gasteiger partial charge in [-0.1, -0.05) is 0 Å². The first-order valence-corrected chi connectivity index (χ1v) is 2.31. The Morgan fingerprint density at radius 3 is 2.00 bits per heavy atom. The van der Waals surface area contributed by atoms with Gasteiger partial charge in [-0.15, -0.1) is 24.8 Å². The number of rotatable bonds is 2. The van der Waals surface area contributed by atoms with Crippen LogP contribution in [0.3, 0.4) is 0 Å². The summed E-state index contributed by atoms with van der Waals surface area (Å²) in [6.07, 6.45) is 0. The zero-order valence-corrected chi connectivity index (χ0v) is 7.59. The van der Waals surface area contributed by atoms with Crippen LogP contribution >= 0.6 is 24.8 Å². The van der Waals surface area contributed by atoms with E-state index >= 15 is 0 Å². The van der Waals surface area contributed by atoms with Crippen molar-refractivity contribution in [3.8, 4) is 0 Å². The van der Waals surface area contributed by atoms with Gasteiger partial charge in [0.2, 0.25) is 5.91 Å². The van der Waals surface area contributed by atoms with E-state index in [1.54, 1.807) is 19.0 Å². The first-order chi connectivity index (χ1) is 3.66. The summed E-state index contributed by atoms with van der Waals surface area (Å²) in [6.45, 7) is 0.344. The number of carbonyl (C=O) groups is 1. The molecule has 0 bridgehead atoms. The molecule has 6 heteroatoms. The number of likely N-dealkylation sites (N-methyl/N-ethyl adjacent to an activating group) is 1. The average molecular weight is 190 g/mol. The summed E-state index contributed by atoms with van der Waals surface area (Å²) in [6, 6.07) is 0. The van der Waals surface area contributed by atoms with Crippen LogP contribution in [0, 0.1) is 0 Å². The molecule has 0 rings (SSSR count). The highest BCUT2D eigenvalue weighted by Crippen LogP contribution is 1.69. The van der Waals surface area contributed by atoms with Crippen LogP contribution in [0.2, 0.25) is 0 Å². The largest absolute Gasteiger partial charge is 0.301 e. The van der Waals surface area contributed by atoms with Crippen LogP contribution in [0.15, 0.2) is 0 Å². The molecule has 0 radical (unpaired) electrons. The fourth-order valence-electron chi connectivity index (χ4n) is 0.333. The number of hydrogen-bond donors (Lipinski definition) is 2. The Balaban J connectivity index is -0.000000245. The van der Waals surface area contributed by atoms with Crippen LogP contribution in [0.4, 0.5) is 0 Å². The molecule has 0 aliphatic heterocycles. The summed E-state index contributed by atoms with van der Waals surface area (Å²) >= 11 is 0. The second kappa shape index (κ2) is 8.97. The van der Waals surface area contributed by atoms with Gasteiger partial charge in [-0.3, -0.25) is 10.2 Å². The monoisotopic (exact) mass is 189 g/mol. The highest BCUT2D eigenvalue weighted by atomic mass is 35.5. The second-order valence-electron chi connectivity index (χ2n) is 1.81. The summed E-state index contributed by atoms with van der Waals surface area (Å²) in [7, 11) is 3.60. The normalized spacial score (nSPS) is 7.60. The SMILES string of the molecule is CN(C)CC(=O)NN.Cl.Cl. The third-order valence-electron chi connectivity index (χ3n) is 0.621. The van der Waals surface area contributed by atoms with Gasteiger partial charge in [0.25, 0.3) is 0 Å². The number of hydrogen-bond acceptors (Lipinski definition) is 3. The summed E-state index contributed by atoms with van der Waals surface area (Å²) in [5, 5.41) is 0. The van der Waals surface area contributed by atoms with E-state index in [4.69, 9.17) is 5.84 Å². The molecule has 1 amide bonds. The fraction of sp³-hybridized carbons (Fsp3) is 0.750. The zero-order chi connectivity index (χ0) is 6.57. The quantitative estimate of drug-likeness (QED) is 0.346. The Morgan fingerprint density at radius 1 is 1.50 bits per heavy atom. The molecule has 0 aliphatic carbocycles. The van der Waals surface area contributed by atoms with Crippen LogP contribution in [0.5, 0.6) is 0 Å². The van der Waals surface area contributed by atoms with Crippen molar-refractivity contribution in [2.45, 2.75) is 0 Å². The lowest BCUT2D eigenvalue weighted by Crippen LogP contribution is -2.37. The lowest BCUT2D eigenvalue weighted by molar-refractivity contribution is -0.121. The van der Waals surface area contributed by atoms with Gasteiger partial charge in [0, 0.05) is 0 Å². The molecule has 0 aliphatic rings. The zero-order valence-electron chi connectivity index (χ0n) is 5.96. The molecule has 0 aromatic carbocycles. The third kappa shape index (κ3) is 10.9. The molecular formula is C4H13Cl2N3O. The third-order valence-corrected chi connectivity index (χ3v) is 0.621. The standard InChI is InChI=1S/C4H11N3O.2ClH/c1-7(2)3-4(8)6-5;;/h3,5H2,1-2H3,(H,6,8);2*1H. The molecule has 0 saturated heterocycles. The number of carbonyl (C=O) groups excluding carboxylic acids is 1. The van der Waals surface area contributed by atoms with Crippen LogP contribution < -0.4 is 11.3 Å². The lowest BCUT2D eigenvalue weighted by atomic mass is 10.6. The maximum Gasteiger partial charge on any atom is 0.248 e. The summed E-state index contributed by atoms with van der Waals surface area (Å²) in [5.74, 6) is 4.62. The van der Waals surface area contributed by atoms with Crippen molar-refractivity contribution in [3.63, 3.8) is 0 Å². The second-order valence-corrected chi connectivity index (χ2v) is 1.81. The first-order valence-electron chi connectivity index (χ1n) is 2.31. The molecule has 0 aromatic rings. The Labute approximate surface area is 72.9 Å². The van der Waals surface area contributed by atoms with E-state index in [9.17, 15) is 4.79 Å². The Hall–Kier alpha value is -0.0300. The number of nitrogens with zero attached hydrogens (tertiary/aromatic N) is 1. The molecule has 0 heterocycles. The predicted octanol–water partition coefficient (Wildman–Crippen LogP) is -0.619. The van der Waals surface area contributed by atoms with Gasteiger partial charge in [0.15, 0.2) is 0 Å². The van der Waals surface area contributed by atoms with E-state index in [2.05, 4.69) is 0 Å². The summed E-state index contributed by atoms with van der Waals surface area (Å²) in [5.41, 5.74) is 2.02. The maximum absolute atomic E-state index is 10.3. The van der Waals surface area contributed by atoms with Crippen molar-refractivity contribution in [1.82, 2.24) is 10.3 Å². The summed E-state index contributed by atoms with van der Waals surface area (Å²) < 4.78 is 0. The molecule has 0 aromatic heterocycles. The molecule has 0 spiro atoms. The van der Waals surface area contributed by atoms with Gasteiger partial charge in [-0.2, -0.15) is 0 Å². The first kappa shape index (κ1) is 16.5. The molecule has 64 valence electrons. The topological polar surface area (TPSA) is 58.4 Å². The number of nitrogens with one attached hydrogen (secondary N) is 1. The smallest absolute Gasteiger partial charge is 0.248 e. The van der Waals surface area contributed by atoms with Crippen LogP contribution in [-0.2, 0) is 4.79 Å². The van der Waals surface area contributed by atoms with Crippen molar-refractivity contribution in [3.05, 3.63) is 0 Å². The molecule has 4 nitrogen and oxygen atoms in total. The number of amides is 1. The van der Waals surface area contributed by atoms with Crippen molar-refractivity contribution < 1.29 is 4.79 Å². The van der Waals surface area contributed by atoms with Gasteiger partial charge >= 0.3 is 0 Å². The molecule has 0 fully saturated rings. The van der Waals surface area contributed by atoms with Crippen molar-refractivity contribution in [1.29, 1.82) is 0 Å². The average Bonchev–Trinajstić information content (AvgIpc) is 1.65. The molecule has 0 saturated carbocycles. The summed E-state index contributed by atoms with van der Waals surface area (Å²) in [4.78, 5) is 12.1. The van der Waals surface area contributed by atoms with Crippen molar-refractivity contribution in [2.75, 3.05) is 20.6 Å². The van der Waals surface area contributed by atoms with E-state index in [-0.39, 0.29) is 30.7 Å². The highest BCUT2D eigenvalue weighted by molar-refractivity contribution is 5.85. The van der Waals surface area contributed by atoms with Gasteiger partial charge in [0.05, 0.1) is 6.54 Å². The van der Waals surface area contributed by atoms with Gasteiger partial charge in [0.1, 0.15) is 0 Å². The Bertz CT molecular complexity index is 88.6. The van der Waals surface area contributed by atoms with Gasteiger partial charge < -0.3 is 4.90 Å². The molecule has 10 heavy (non-hydrogen) atoms. The minimum Gasteiger partial charge on any atom is -0.301 e. The van der Waals surface area contributed by atoms with E-state index < -0.39 is 0 Å². The van der Waals surface area contributed by atoms with Crippen molar-refractivity contribution in [2.24, 2.45) is 5.84 Å². The van der Waals surface area contributed by atoms with E-state index in [0.29, 0.717) is 6.54 Å². The van der Waals surface area contributed by atoms with Crippen LogP contribution in [0.1, 0.15) is 0 Å². The Morgan fingerprint density at radius 2 is 1.90 bits per heavy atom. The fourth-order valence-corrected chi connectivity index (χ4v) is 0.333. The van der Waals surface area contributed by atoms with Crippen molar-refractivity contribution >= 4 is 30.7 Å². The van der Waals surface area contributed by atoms with Crippen LogP contribution in [-0.4, -0.2) is 31.4 Å². The van der Waals surface area contributed by atoms with E-state index in [0.717, 1.165) is 0 Å². The highest BCUT2D eigenvalue weighted by Gasteiger charge is 1.96. The van der Waals surface area contributed by atoms with E-state index in [1.807, 2.05) is 5.43 Å². The lowest BCUT2D eigenvalue weighted by Gasteiger charge is -2.05. The number of nitrogens with two attached hydrogens (primary N) is 1. The van der Waals surface area contributed by atoms with Gasteiger partial charge in [-0.25, -0.2) is 5.84 Å².